The number of rotatable bonds is 10. The number of aliphatic imine (C=N–C) groups is 1. The Balaban J connectivity index is 1.30. The zero-order valence-electron chi connectivity index (χ0n) is 18.0. The molecular weight excluding hydrogens is 412 g/mol. The van der Waals surface area contributed by atoms with Crippen molar-refractivity contribution in [1.29, 1.82) is 0 Å². The predicted octanol–water partition coefficient (Wildman–Crippen LogP) is 3.11. The molecule has 0 aromatic heterocycles. The van der Waals surface area contributed by atoms with E-state index in [2.05, 4.69) is 27.8 Å². The fourth-order valence-electron chi connectivity index (χ4n) is 3.59. The van der Waals surface area contributed by atoms with Gasteiger partial charge in [0.1, 0.15) is 0 Å². The summed E-state index contributed by atoms with van der Waals surface area (Å²) >= 11 is 5.89. The minimum atomic E-state index is 0.237. The molecule has 0 radical (unpaired) electrons. The van der Waals surface area contributed by atoms with Crippen LogP contribution in [0.1, 0.15) is 17.5 Å². The third kappa shape index (κ3) is 7.89. The van der Waals surface area contributed by atoms with E-state index in [4.69, 9.17) is 16.3 Å². The molecule has 31 heavy (non-hydrogen) atoms. The molecule has 2 aromatic rings. The quantitative estimate of drug-likeness (QED) is 0.337. The maximum Gasteiger partial charge on any atom is 0.223 e. The fraction of sp³-hybridized carbons (Fsp3) is 0.417. The monoisotopic (exact) mass is 442 g/mol. The van der Waals surface area contributed by atoms with E-state index in [1.165, 1.54) is 5.56 Å². The summed E-state index contributed by atoms with van der Waals surface area (Å²) in [5.41, 5.74) is 2.36. The van der Waals surface area contributed by atoms with Gasteiger partial charge in [-0.2, -0.15) is 0 Å². The number of carbonyl (C=O) groups is 1. The predicted molar refractivity (Wildman–Crippen MR) is 125 cm³/mol. The number of likely N-dealkylation sites (tertiary alicyclic amines) is 1. The van der Waals surface area contributed by atoms with E-state index in [0.717, 1.165) is 42.6 Å². The van der Waals surface area contributed by atoms with E-state index in [9.17, 15) is 4.79 Å². The Morgan fingerprint density at radius 2 is 1.90 bits per heavy atom. The van der Waals surface area contributed by atoms with Crippen LogP contribution in [0.15, 0.2) is 59.6 Å². The first-order valence-corrected chi connectivity index (χ1v) is 11.1. The van der Waals surface area contributed by atoms with Gasteiger partial charge in [-0.25, -0.2) is 0 Å². The van der Waals surface area contributed by atoms with E-state index in [0.29, 0.717) is 32.1 Å². The number of nitrogens with zero attached hydrogens (tertiary/aromatic N) is 2. The van der Waals surface area contributed by atoms with Gasteiger partial charge in [-0.1, -0.05) is 54.1 Å². The first-order chi connectivity index (χ1) is 15.1. The molecule has 0 spiro atoms. The first kappa shape index (κ1) is 23.1. The molecule has 1 atom stereocenters. The van der Waals surface area contributed by atoms with Crippen molar-refractivity contribution in [2.45, 2.75) is 19.4 Å². The van der Waals surface area contributed by atoms with Gasteiger partial charge in [-0.15, -0.1) is 0 Å². The maximum absolute atomic E-state index is 12.3. The smallest absolute Gasteiger partial charge is 0.223 e. The van der Waals surface area contributed by atoms with Crippen LogP contribution in [0.2, 0.25) is 5.02 Å². The Bertz CT molecular complexity index is 842. The molecule has 166 valence electrons. The highest BCUT2D eigenvalue weighted by Gasteiger charge is 2.29. The third-order valence-electron chi connectivity index (χ3n) is 5.31. The number of hydrogen-bond donors (Lipinski definition) is 2. The van der Waals surface area contributed by atoms with Gasteiger partial charge in [-0.05, 0) is 29.7 Å². The van der Waals surface area contributed by atoms with E-state index >= 15 is 0 Å². The first-order valence-electron chi connectivity index (χ1n) is 10.7. The summed E-state index contributed by atoms with van der Waals surface area (Å²) in [6, 6.07) is 17.9. The Hall–Kier alpha value is -2.57. The molecule has 2 N–H and O–H groups in total. The average molecular weight is 443 g/mol. The lowest BCUT2D eigenvalue weighted by atomic mass is 10.1. The van der Waals surface area contributed by atoms with Crippen LogP contribution < -0.4 is 10.6 Å². The van der Waals surface area contributed by atoms with E-state index in [1.807, 2.05) is 47.4 Å². The normalized spacial score (nSPS) is 16.6. The molecule has 1 unspecified atom stereocenters. The summed E-state index contributed by atoms with van der Waals surface area (Å²) in [6.07, 6.45) is 1.48. The average Bonchev–Trinajstić information content (AvgIpc) is 3.15. The molecule has 1 aliphatic heterocycles. The molecule has 0 aliphatic carbocycles. The van der Waals surface area contributed by atoms with Crippen LogP contribution in [-0.4, -0.2) is 56.6 Å². The molecule has 6 nitrogen and oxygen atoms in total. The van der Waals surface area contributed by atoms with Crippen molar-refractivity contribution in [3.63, 3.8) is 0 Å². The summed E-state index contributed by atoms with van der Waals surface area (Å²) in [5, 5.41) is 7.31. The molecule has 1 heterocycles. The summed E-state index contributed by atoms with van der Waals surface area (Å²) in [5.74, 6) is 1.26. The number of carbonyl (C=O) groups excluding carboxylic acids is 1. The molecule has 0 bridgehead atoms. The van der Waals surface area contributed by atoms with Gasteiger partial charge in [0.15, 0.2) is 5.96 Å². The number of ether oxygens (including phenoxy) is 1. The lowest BCUT2D eigenvalue weighted by Crippen LogP contribution is -2.41. The Kier molecular flexibility index (Phi) is 9.18. The van der Waals surface area contributed by atoms with Crippen LogP contribution >= 0.6 is 11.6 Å². The van der Waals surface area contributed by atoms with Crippen LogP contribution in [0.25, 0.3) is 0 Å². The molecule has 1 fully saturated rings. The SMILES string of the molecule is CN=C(NCCOCc1ccc(Cl)cc1)NCC1CC(=O)N(CCc2ccccc2)C1. The number of benzene rings is 2. The molecule has 7 heteroatoms. The summed E-state index contributed by atoms with van der Waals surface area (Å²) in [6.45, 7) is 4.06. The second-order valence-electron chi connectivity index (χ2n) is 7.70. The lowest BCUT2D eigenvalue weighted by Gasteiger charge is -2.18. The van der Waals surface area contributed by atoms with Crippen LogP contribution in [0.5, 0.6) is 0 Å². The van der Waals surface area contributed by atoms with Gasteiger partial charge in [0, 0.05) is 50.6 Å². The van der Waals surface area contributed by atoms with Gasteiger partial charge >= 0.3 is 0 Å². The topological polar surface area (TPSA) is 66.0 Å². The zero-order valence-corrected chi connectivity index (χ0v) is 18.8. The highest BCUT2D eigenvalue weighted by atomic mass is 35.5. The van der Waals surface area contributed by atoms with Crippen molar-refractivity contribution >= 4 is 23.5 Å². The van der Waals surface area contributed by atoms with Crippen molar-refractivity contribution in [2.75, 3.05) is 39.8 Å². The number of guanidine groups is 1. The number of halogens is 1. The highest BCUT2D eigenvalue weighted by Crippen LogP contribution is 2.17. The fourth-order valence-corrected chi connectivity index (χ4v) is 3.72. The molecule has 0 saturated carbocycles. The molecule has 1 amide bonds. The van der Waals surface area contributed by atoms with Crippen molar-refractivity contribution in [1.82, 2.24) is 15.5 Å². The second kappa shape index (κ2) is 12.3. The van der Waals surface area contributed by atoms with Gasteiger partial charge in [-0.3, -0.25) is 9.79 Å². The molecule has 2 aromatic carbocycles. The third-order valence-corrected chi connectivity index (χ3v) is 5.56. The Morgan fingerprint density at radius 3 is 2.65 bits per heavy atom. The van der Waals surface area contributed by atoms with Crippen molar-refractivity contribution < 1.29 is 9.53 Å². The summed E-state index contributed by atoms with van der Waals surface area (Å²) in [4.78, 5) is 18.6. The minimum absolute atomic E-state index is 0.237. The van der Waals surface area contributed by atoms with Gasteiger partial charge in [0.25, 0.3) is 0 Å². The number of nitrogens with one attached hydrogen (secondary N) is 2. The maximum atomic E-state index is 12.3. The Labute approximate surface area is 189 Å². The summed E-state index contributed by atoms with van der Waals surface area (Å²) < 4.78 is 5.68. The second-order valence-corrected chi connectivity index (χ2v) is 8.14. The van der Waals surface area contributed by atoms with Crippen LogP contribution in [0.3, 0.4) is 0 Å². The largest absolute Gasteiger partial charge is 0.375 e. The van der Waals surface area contributed by atoms with E-state index in [-0.39, 0.29) is 5.91 Å². The summed E-state index contributed by atoms with van der Waals surface area (Å²) in [7, 11) is 1.75. The minimum Gasteiger partial charge on any atom is -0.375 e. The molecule has 1 aliphatic rings. The van der Waals surface area contributed by atoms with Crippen LogP contribution in [-0.2, 0) is 22.6 Å². The lowest BCUT2D eigenvalue weighted by molar-refractivity contribution is -0.127. The molecule has 3 rings (SSSR count). The molecular formula is C24H31ClN4O2. The standard InChI is InChI=1S/C24H31ClN4O2/c1-26-24(27-12-14-31-18-20-7-9-22(25)10-8-20)28-16-21-15-23(30)29(17-21)13-11-19-5-3-2-4-6-19/h2-10,21H,11-18H2,1H3,(H2,26,27,28). The van der Waals surface area contributed by atoms with Crippen molar-refractivity contribution in [3.05, 3.63) is 70.7 Å². The van der Waals surface area contributed by atoms with E-state index < -0.39 is 0 Å². The van der Waals surface area contributed by atoms with Gasteiger partial charge in [0.2, 0.25) is 5.91 Å². The number of hydrogen-bond acceptors (Lipinski definition) is 3. The van der Waals surface area contributed by atoms with Crippen molar-refractivity contribution in [2.24, 2.45) is 10.9 Å². The molecule has 1 saturated heterocycles. The Morgan fingerprint density at radius 1 is 1.13 bits per heavy atom. The van der Waals surface area contributed by atoms with Crippen molar-refractivity contribution in [3.8, 4) is 0 Å². The van der Waals surface area contributed by atoms with E-state index in [1.54, 1.807) is 7.05 Å². The van der Waals surface area contributed by atoms with Crippen LogP contribution in [0, 0.1) is 5.92 Å². The van der Waals surface area contributed by atoms with Crippen LogP contribution in [0.4, 0.5) is 0 Å². The number of amides is 1. The van der Waals surface area contributed by atoms with Gasteiger partial charge in [0.05, 0.1) is 13.2 Å². The zero-order chi connectivity index (χ0) is 21.9. The van der Waals surface area contributed by atoms with Gasteiger partial charge < -0.3 is 20.3 Å². The highest BCUT2D eigenvalue weighted by molar-refractivity contribution is 6.30.